The van der Waals surface area contributed by atoms with Crippen LogP contribution >= 0.6 is 11.6 Å². The van der Waals surface area contributed by atoms with Crippen LogP contribution in [0.5, 0.6) is 5.75 Å². The molecule has 0 aromatic heterocycles. The maximum absolute atomic E-state index is 12.3. The number of carboxylic acid groups (broad SMARTS) is 1. The maximum atomic E-state index is 12.3. The lowest BCUT2D eigenvalue weighted by molar-refractivity contribution is -0.141. The summed E-state index contributed by atoms with van der Waals surface area (Å²) in [6.45, 7) is 1.91. The van der Waals surface area contributed by atoms with Crippen LogP contribution in [0.15, 0.2) is 60.7 Å². The highest BCUT2D eigenvalue weighted by atomic mass is 35.5. The number of nitrogens with one attached hydrogen (secondary N) is 1. The number of benzene rings is 2. The molecular weight excluding hydrogens is 446 g/mol. The second kappa shape index (κ2) is 11.3. The van der Waals surface area contributed by atoms with Gasteiger partial charge in [0.1, 0.15) is 17.9 Å². The van der Waals surface area contributed by atoms with Gasteiger partial charge in [0, 0.05) is 12.3 Å². The van der Waals surface area contributed by atoms with Crippen molar-refractivity contribution in [3.8, 4) is 5.75 Å². The normalized spacial score (nSPS) is 23.4. The number of aliphatic hydroxyl groups excluding tert-OH is 1. The number of halogens is 1. The van der Waals surface area contributed by atoms with Gasteiger partial charge >= 0.3 is 5.97 Å². The number of aliphatic carboxylic acids is 1. The van der Waals surface area contributed by atoms with Gasteiger partial charge in [0.15, 0.2) is 0 Å². The zero-order valence-electron chi connectivity index (χ0n) is 18.5. The van der Waals surface area contributed by atoms with Gasteiger partial charge in [-0.25, -0.2) is 4.79 Å². The number of carbonyl (C=O) groups excluding carboxylic acids is 1. The van der Waals surface area contributed by atoms with Gasteiger partial charge in [-0.15, -0.1) is 0 Å². The molecule has 0 bridgehead atoms. The molecule has 1 amide bonds. The Bertz CT molecular complexity index is 996. The number of ether oxygens (including phenoxy) is 2. The van der Waals surface area contributed by atoms with E-state index < -0.39 is 30.1 Å². The van der Waals surface area contributed by atoms with Crippen molar-refractivity contribution in [2.45, 2.75) is 44.1 Å². The van der Waals surface area contributed by atoms with E-state index in [2.05, 4.69) is 5.32 Å². The number of methoxy groups -OCH3 is 1. The lowest BCUT2D eigenvalue weighted by Gasteiger charge is -2.15. The summed E-state index contributed by atoms with van der Waals surface area (Å²) < 4.78 is 11.1. The Hall–Kier alpha value is -2.87. The summed E-state index contributed by atoms with van der Waals surface area (Å²) in [6.07, 6.45) is 2.11. The number of amides is 1. The number of rotatable bonds is 9. The third-order valence-corrected chi connectivity index (χ3v) is 6.09. The Kier molecular flexibility index (Phi) is 8.49. The van der Waals surface area contributed by atoms with E-state index in [9.17, 15) is 19.8 Å². The Morgan fingerprint density at radius 1 is 1.24 bits per heavy atom. The topological polar surface area (TPSA) is 105 Å². The summed E-state index contributed by atoms with van der Waals surface area (Å²) in [5.74, 6) is -1.30. The van der Waals surface area contributed by atoms with Crippen molar-refractivity contribution < 1.29 is 29.3 Å². The molecule has 2 aromatic rings. The predicted octanol–water partition coefficient (Wildman–Crippen LogP) is 3.54. The third-order valence-electron chi connectivity index (χ3n) is 5.79. The molecule has 8 heteroatoms. The van der Waals surface area contributed by atoms with Crippen molar-refractivity contribution in [3.05, 3.63) is 76.8 Å². The van der Waals surface area contributed by atoms with Crippen molar-refractivity contribution in [1.82, 2.24) is 5.32 Å². The Balaban J connectivity index is 1.55. The van der Waals surface area contributed by atoms with Crippen molar-refractivity contribution in [3.63, 3.8) is 0 Å². The minimum Gasteiger partial charge on any atom is -0.495 e. The lowest BCUT2D eigenvalue weighted by Crippen LogP contribution is -2.41. The molecule has 1 saturated heterocycles. The monoisotopic (exact) mass is 473 g/mol. The van der Waals surface area contributed by atoms with Gasteiger partial charge in [-0.05, 0) is 35.8 Å². The van der Waals surface area contributed by atoms with Gasteiger partial charge in [-0.1, -0.05) is 61.0 Å². The quantitative estimate of drug-likeness (QED) is 0.481. The van der Waals surface area contributed by atoms with E-state index in [1.54, 1.807) is 24.3 Å². The van der Waals surface area contributed by atoms with E-state index in [4.69, 9.17) is 21.1 Å². The van der Waals surface area contributed by atoms with Crippen LogP contribution in [0.2, 0.25) is 5.02 Å². The second-order valence-electron chi connectivity index (χ2n) is 8.07. The molecule has 5 atom stereocenters. The van der Waals surface area contributed by atoms with Crippen LogP contribution in [0.25, 0.3) is 0 Å². The molecule has 0 radical (unpaired) electrons. The molecule has 2 aromatic carbocycles. The first kappa shape index (κ1) is 24.8. The van der Waals surface area contributed by atoms with Gasteiger partial charge in [0.25, 0.3) is 0 Å². The van der Waals surface area contributed by atoms with Gasteiger partial charge in [-0.3, -0.25) is 4.79 Å². The van der Waals surface area contributed by atoms with E-state index >= 15 is 0 Å². The molecule has 1 heterocycles. The molecule has 33 heavy (non-hydrogen) atoms. The predicted molar refractivity (Wildman–Crippen MR) is 124 cm³/mol. The van der Waals surface area contributed by atoms with Crippen molar-refractivity contribution in [1.29, 1.82) is 0 Å². The summed E-state index contributed by atoms with van der Waals surface area (Å²) in [6, 6.07) is 13.4. The summed E-state index contributed by atoms with van der Waals surface area (Å²) >= 11 is 6.10. The highest BCUT2D eigenvalue weighted by Gasteiger charge is 2.40. The largest absolute Gasteiger partial charge is 0.495 e. The SMILES string of the molecule is COc1ccc(CC(NC(=O)/C=C/C[C@@H]2OC(c3ccccc3)C(O)[C@H]2C)C(=O)O)cc1Cl. The summed E-state index contributed by atoms with van der Waals surface area (Å²) in [5, 5.41) is 22.9. The first-order chi connectivity index (χ1) is 15.8. The van der Waals surface area contributed by atoms with Gasteiger partial charge in [-0.2, -0.15) is 0 Å². The Morgan fingerprint density at radius 3 is 2.61 bits per heavy atom. The molecule has 0 saturated carbocycles. The molecule has 0 aliphatic carbocycles. The molecule has 1 fully saturated rings. The third kappa shape index (κ3) is 6.35. The number of aliphatic hydroxyl groups is 1. The molecule has 3 rings (SSSR count). The smallest absolute Gasteiger partial charge is 0.326 e. The number of hydrogen-bond donors (Lipinski definition) is 3. The van der Waals surface area contributed by atoms with Gasteiger partial charge < -0.3 is 25.0 Å². The summed E-state index contributed by atoms with van der Waals surface area (Å²) in [4.78, 5) is 24.0. The van der Waals surface area contributed by atoms with Crippen molar-refractivity contribution in [2.24, 2.45) is 5.92 Å². The second-order valence-corrected chi connectivity index (χ2v) is 8.47. The minimum atomic E-state index is -1.15. The van der Waals surface area contributed by atoms with Crippen LogP contribution < -0.4 is 10.1 Å². The van der Waals surface area contributed by atoms with Crippen LogP contribution in [-0.4, -0.2) is 47.4 Å². The zero-order chi connectivity index (χ0) is 24.0. The molecule has 7 nitrogen and oxygen atoms in total. The molecule has 3 N–H and O–H groups in total. The zero-order valence-corrected chi connectivity index (χ0v) is 19.2. The van der Waals surface area contributed by atoms with E-state index in [-0.39, 0.29) is 18.4 Å². The highest BCUT2D eigenvalue weighted by Crippen LogP contribution is 2.38. The van der Waals surface area contributed by atoms with Gasteiger partial charge in [0.2, 0.25) is 5.91 Å². The minimum absolute atomic E-state index is 0.0757. The van der Waals surface area contributed by atoms with Crippen molar-refractivity contribution in [2.75, 3.05) is 7.11 Å². The summed E-state index contributed by atoms with van der Waals surface area (Å²) in [5.41, 5.74) is 1.57. The molecular formula is C25H28ClNO6. The van der Waals surface area contributed by atoms with Crippen molar-refractivity contribution >= 4 is 23.5 Å². The average Bonchev–Trinajstić information content (AvgIpc) is 3.08. The molecule has 1 aliphatic rings. The van der Waals surface area contributed by atoms with E-state index in [0.29, 0.717) is 22.8 Å². The number of carbonyl (C=O) groups is 2. The molecule has 0 spiro atoms. The van der Waals surface area contributed by atoms with Crippen LogP contribution in [-0.2, 0) is 20.7 Å². The first-order valence-corrected chi connectivity index (χ1v) is 11.1. The average molecular weight is 474 g/mol. The number of hydrogen-bond acceptors (Lipinski definition) is 5. The van der Waals surface area contributed by atoms with Crippen LogP contribution in [0, 0.1) is 5.92 Å². The Labute approximate surface area is 198 Å². The number of carboxylic acids is 1. The van der Waals surface area contributed by atoms with Crippen LogP contribution in [0.4, 0.5) is 0 Å². The maximum Gasteiger partial charge on any atom is 0.326 e. The van der Waals surface area contributed by atoms with Crippen LogP contribution in [0.3, 0.4) is 0 Å². The summed E-state index contributed by atoms with van der Waals surface area (Å²) in [7, 11) is 1.49. The van der Waals surface area contributed by atoms with Crippen LogP contribution in [0.1, 0.15) is 30.6 Å². The lowest BCUT2D eigenvalue weighted by atomic mass is 9.94. The van der Waals surface area contributed by atoms with E-state index in [1.165, 1.54) is 13.2 Å². The molecule has 3 unspecified atom stereocenters. The molecule has 176 valence electrons. The fourth-order valence-corrected chi connectivity index (χ4v) is 4.16. The Morgan fingerprint density at radius 2 is 1.97 bits per heavy atom. The fraction of sp³-hybridized carbons (Fsp3) is 0.360. The molecule has 1 aliphatic heterocycles. The highest BCUT2D eigenvalue weighted by molar-refractivity contribution is 6.32. The first-order valence-electron chi connectivity index (χ1n) is 10.7. The van der Waals surface area contributed by atoms with Gasteiger partial charge in [0.05, 0.1) is 24.3 Å². The fourth-order valence-electron chi connectivity index (χ4n) is 3.88. The van der Waals surface area contributed by atoms with E-state index in [0.717, 1.165) is 5.56 Å². The standard InChI is InChI=1S/C25H28ClNO6/c1-15-20(33-24(23(15)29)17-7-4-3-5-8-17)9-6-10-22(28)27-19(25(30)31)14-16-11-12-21(32-2)18(26)13-16/h3-8,10-13,15,19-20,23-24,29H,9,14H2,1-2H3,(H,27,28)(H,30,31)/b10-6+/t15-,19?,20-,23?,24?/m0/s1. The van der Waals surface area contributed by atoms with E-state index in [1.807, 2.05) is 37.3 Å².